The van der Waals surface area contributed by atoms with E-state index < -0.39 is 0 Å². The molecule has 1 unspecified atom stereocenters. The van der Waals surface area contributed by atoms with Crippen LogP contribution in [0.3, 0.4) is 0 Å². The van der Waals surface area contributed by atoms with E-state index in [0.29, 0.717) is 12.5 Å². The minimum absolute atomic E-state index is 0.00874. The summed E-state index contributed by atoms with van der Waals surface area (Å²) in [4.78, 5) is 4.51. The highest BCUT2D eigenvalue weighted by Crippen LogP contribution is 2.24. The van der Waals surface area contributed by atoms with E-state index in [2.05, 4.69) is 22.9 Å². The number of ether oxygens (including phenoxy) is 3. The van der Waals surface area contributed by atoms with Crippen molar-refractivity contribution in [2.75, 3.05) is 20.3 Å². The lowest BCUT2D eigenvalue weighted by Gasteiger charge is -2.22. The van der Waals surface area contributed by atoms with Crippen molar-refractivity contribution in [1.29, 1.82) is 0 Å². The molecule has 0 amide bonds. The third kappa shape index (κ3) is 5.32. The van der Waals surface area contributed by atoms with Crippen LogP contribution in [-0.2, 0) is 9.47 Å². The number of methoxy groups -OCH3 is 1. The van der Waals surface area contributed by atoms with E-state index in [4.69, 9.17) is 14.2 Å². The molecule has 1 aromatic carbocycles. The second-order valence-corrected chi connectivity index (χ2v) is 6.20. The van der Waals surface area contributed by atoms with Crippen LogP contribution in [0.15, 0.2) is 36.4 Å². The Hall–Kier alpha value is -2.35. The Balaban J connectivity index is 1.46. The lowest BCUT2D eigenvalue weighted by atomic mass is 10.1. The molecule has 0 aliphatic carbocycles. The summed E-state index contributed by atoms with van der Waals surface area (Å²) in [6.07, 6.45) is 8.82. The number of pyridine rings is 1. The molecule has 1 saturated heterocycles. The van der Waals surface area contributed by atoms with Gasteiger partial charge in [-0.2, -0.15) is 0 Å². The van der Waals surface area contributed by atoms with Gasteiger partial charge in [0.15, 0.2) is 6.29 Å². The summed E-state index contributed by atoms with van der Waals surface area (Å²) < 4.78 is 16.6. The molecule has 4 nitrogen and oxygen atoms in total. The lowest BCUT2D eigenvalue weighted by Crippen LogP contribution is -2.22. The maximum Gasteiger partial charge on any atom is 0.221 e. The van der Waals surface area contributed by atoms with E-state index in [1.807, 2.05) is 36.4 Å². The maximum atomic E-state index is 5.69. The van der Waals surface area contributed by atoms with Gasteiger partial charge < -0.3 is 14.2 Å². The fourth-order valence-corrected chi connectivity index (χ4v) is 2.90. The van der Waals surface area contributed by atoms with E-state index in [-0.39, 0.29) is 6.29 Å². The van der Waals surface area contributed by atoms with Crippen molar-refractivity contribution in [3.05, 3.63) is 42.1 Å². The summed E-state index contributed by atoms with van der Waals surface area (Å²) in [6, 6.07) is 10.1. The number of hydrogen-bond acceptors (Lipinski definition) is 4. The van der Waals surface area contributed by atoms with Gasteiger partial charge in [-0.1, -0.05) is 30.0 Å². The van der Waals surface area contributed by atoms with Gasteiger partial charge in [-0.3, -0.25) is 0 Å². The van der Waals surface area contributed by atoms with Crippen molar-refractivity contribution in [3.63, 3.8) is 0 Å². The topological polar surface area (TPSA) is 40.6 Å². The summed E-state index contributed by atoms with van der Waals surface area (Å²) >= 11 is 0. The highest BCUT2D eigenvalue weighted by molar-refractivity contribution is 5.88. The Bertz CT molecular complexity index is 798. The first-order valence-corrected chi connectivity index (χ1v) is 9.19. The fraction of sp³-hybridized carbons (Fsp3) is 0.409. The van der Waals surface area contributed by atoms with Crippen LogP contribution in [0.4, 0.5) is 0 Å². The zero-order valence-corrected chi connectivity index (χ0v) is 15.2. The molecule has 26 heavy (non-hydrogen) atoms. The summed E-state index contributed by atoms with van der Waals surface area (Å²) in [5, 5.41) is 2.12. The molecule has 1 aliphatic rings. The summed E-state index contributed by atoms with van der Waals surface area (Å²) in [5.41, 5.74) is 0.840. The molecule has 2 heterocycles. The smallest absolute Gasteiger partial charge is 0.221 e. The van der Waals surface area contributed by atoms with Gasteiger partial charge in [-0.05, 0) is 55.4 Å². The highest BCUT2D eigenvalue weighted by atomic mass is 16.7. The Morgan fingerprint density at radius 3 is 3.08 bits per heavy atom. The number of hydrogen-bond donors (Lipinski definition) is 0. The number of aromatic nitrogens is 1. The maximum absolute atomic E-state index is 5.69. The molecule has 1 aliphatic heterocycles. The van der Waals surface area contributed by atoms with Gasteiger partial charge in [0.05, 0.1) is 19.4 Å². The Kier molecular flexibility index (Phi) is 7.06. The zero-order chi connectivity index (χ0) is 18.0. The average Bonchev–Trinajstić information content (AvgIpc) is 2.70. The first-order valence-electron chi connectivity index (χ1n) is 9.19. The van der Waals surface area contributed by atoms with Gasteiger partial charge in [0.25, 0.3) is 0 Å². The molecular formula is C22H25NO3. The van der Waals surface area contributed by atoms with Crippen LogP contribution in [-0.4, -0.2) is 31.6 Å². The van der Waals surface area contributed by atoms with Gasteiger partial charge in [0.2, 0.25) is 5.88 Å². The van der Waals surface area contributed by atoms with Crippen LogP contribution in [0.2, 0.25) is 0 Å². The van der Waals surface area contributed by atoms with Crippen LogP contribution in [0, 0.1) is 11.8 Å². The van der Waals surface area contributed by atoms with Crippen molar-refractivity contribution in [2.45, 2.75) is 38.4 Å². The molecule has 3 rings (SSSR count). The molecule has 0 bridgehead atoms. The minimum atomic E-state index is -0.00874. The average molecular weight is 351 g/mol. The fourth-order valence-electron chi connectivity index (χ4n) is 2.90. The van der Waals surface area contributed by atoms with Crippen LogP contribution in [0.1, 0.15) is 37.8 Å². The number of fused-ring (bicyclic) bond motifs is 1. The number of allylic oxidation sites excluding steroid dienone is 1. The SMILES string of the molecule is COc1nc(/C=C\C#CCCCOC2CCCCO2)cc2ccccc12. The van der Waals surface area contributed by atoms with E-state index in [1.54, 1.807) is 7.11 Å². The molecule has 1 fully saturated rings. The van der Waals surface area contributed by atoms with Crippen molar-refractivity contribution in [3.8, 4) is 17.7 Å². The predicted octanol–water partition coefficient (Wildman–Crippen LogP) is 4.58. The molecule has 0 radical (unpaired) electrons. The van der Waals surface area contributed by atoms with Crippen LogP contribution in [0.5, 0.6) is 5.88 Å². The van der Waals surface area contributed by atoms with E-state index in [1.165, 1.54) is 6.42 Å². The Morgan fingerprint density at radius 1 is 1.31 bits per heavy atom. The molecule has 4 heteroatoms. The van der Waals surface area contributed by atoms with Gasteiger partial charge in [0, 0.05) is 18.4 Å². The molecule has 2 aromatic rings. The molecule has 1 atom stereocenters. The van der Waals surface area contributed by atoms with Gasteiger partial charge in [0.1, 0.15) is 0 Å². The van der Waals surface area contributed by atoms with Crippen molar-refractivity contribution in [1.82, 2.24) is 4.98 Å². The van der Waals surface area contributed by atoms with Crippen LogP contribution >= 0.6 is 0 Å². The Labute approximate surface area is 155 Å². The zero-order valence-electron chi connectivity index (χ0n) is 15.2. The number of unbranched alkanes of at least 4 members (excludes halogenated alkanes) is 1. The van der Waals surface area contributed by atoms with Crippen molar-refractivity contribution < 1.29 is 14.2 Å². The van der Waals surface area contributed by atoms with E-state index in [0.717, 1.165) is 48.8 Å². The minimum Gasteiger partial charge on any atom is -0.481 e. The Morgan fingerprint density at radius 2 is 2.23 bits per heavy atom. The summed E-state index contributed by atoms with van der Waals surface area (Å²) in [7, 11) is 1.64. The highest BCUT2D eigenvalue weighted by Gasteiger charge is 2.12. The van der Waals surface area contributed by atoms with E-state index >= 15 is 0 Å². The largest absolute Gasteiger partial charge is 0.481 e. The number of nitrogens with zero attached hydrogens (tertiary/aromatic N) is 1. The number of benzene rings is 1. The molecule has 0 N–H and O–H groups in total. The van der Waals surface area contributed by atoms with Crippen molar-refractivity contribution >= 4 is 16.8 Å². The van der Waals surface area contributed by atoms with Gasteiger partial charge in [-0.15, -0.1) is 0 Å². The monoisotopic (exact) mass is 351 g/mol. The third-order valence-corrected chi connectivity index (χ3v) is 4.25. The quantitative estimate of drug-likeness (QED) is 0.564. The molecule has 0 spiro atoms. The van der Waals surface area contributed by atoms with Gasteiger partial charge >= 0.3 is 0 Å². The van der Waals surface area contributed by atoms with Crippen molar-refractivity contribution in [2.24, 2.45) is 0 Å². The number of rotatable bonds is 6. The molecule has 136 valence electrons. The standard InChI is InChI=1S/C22H25NO3/c1-24-22-20-13-7-6-11-18(20)17-19(23-22)12-5-3-2-4-9-15-25-21-14-8-10-16-26-21/h5-7,11-13,17,21H,4,8-10,14-16H2,1H3/b12-5-. The molecule has 0 saturated carbocycles. The third-order valence-electron chi connectivity index (χ3n) is 4.25. The predicted molar refractivity (Wildman–Crippen MR) is 104 cm³/mol. The second kappa shape index (κ2) is 9.96. The van der Waals surface area contributed by atoms with E-state index in [9.17, 15) is 0 Å². The first-order chi connectivity index (χ1) is 12.9. The first kappa shape index (κ1) is 18.4. The second-order valence-electron chi connectivity index (χ2n) is 6.20. The molecule has 1 aromatic heterocycles. The van der Waals surface area contributed by atoms with Crippen LogP contribution < -0.4 is 4.74 Å². The molecular weight excluding hydrogens is 326 g/mol. The normalized spacial score (nSPS) is 17.2. The van der Waals surface area contributed by atoms with Gasteiger partial charge in [-0.25, -0.2) is 4.98 Å². The summed E-state index contributed by atoms with van der Waals surface area (Å²) in [5.74, 6) is 6.84. The lowest BCUT2D eigenvalue weighted by molar-refractivity contribution is -0.162. The summed E-state index contributed by atoms with van der Waals surface area (Å²) in [6.45, 7) is 1.52. The van der Waals surface area contributed by atoms with Crippen LogP contribution in [0.25, 0.3) is 16.8 Å².